The van der Waals surface area contributed by atoms with E-state index in [9.17, 15) is 9.59 Å². The number of halogens is 1. The van der Waals surface area contributed by atoms with Crippen molar-refractivity contribution in [2.45, 2.75) is 59.0 Å². The van der Waals surface area contributed by atoms with Crippen LogP contribution in [-0.2, 0) is 9.53 Å². The minimum absolute atomic E-state index is 0.00277. The standard InChI is InChI=1S/C20H28BrN3O3/c1-14-15(5-6-16(21)22-14)24-12-9-20(13-17(24)25)7-10-23(11-8-20)18(26)27-19(2,3)4/h5-6H,7-13H2,1-4H3. The highest BCUT2D eigenvalue weighted by molar-refractivity contribution is 9.10. The van der Waals surface area contributed by atoms with E-state index in [0.29, 0.717) is 26.1 Å². The number of anilines is 1. The predicted molar refractivity (Wildman–Crippen MR) is 108 cm³/mol. The van der Waals surface area contributed by atoms with Crippen molar-refractivity contribution >= 4 is 33.6 Å². The Bertz CT molecular complexity index is 736. The number of carbonyl (C=O) groups excluding carboxylic acids is 2. The number of likely N-dealkylation sites (tertiary alicyclic amines) is 1. The Labute approximate surface area is 169 Å². The fraction of sp³-hybridized carbons (Fsp3) is 0.650. The number of rotatable bonds is 1. The third kappa shape index (κ3) is 4.62. The lowest BCUT2D eigenvalue weighted by atomic mass is 9.71. The second-order valence-electron chi connectivity index (χ2n) is 8.68. The van der Waals surface area contributed by atoms with Gasteiger partial charge in [-0.05, 0) is 80.4 Å². The number of pyridine rings is 1. The zero-order chi connectivity index (χ0) is 19.8. The molecule has 0 N–H and O–H groups in total. The molecule has 2 saturated heterocycles. The number of amides is 2. The first-order chi connectivity index (χ1) is 12.6. The van der Waals surface area contributed by atoms with Crippen LogP contribution in [0.2, 0.25) is 0 Å². The molecule has 2 aliphatic heterocycles. The van der Waals surface area contributed by atoms with Crippen molar-refractivity contribution < 1.29 is 14.3 Å². The van der Waals surface area contributed by atoms with Gasteiger partial charge in [-0.2, -0.15) is 0 Å². The van der Waals surface area contributed by atoms with E-state index in [-0.39, 0.29) is 17.4 Å². The summed E-state index contributed by atoms with van der Waals surface area (Å²) in [5.74, 6) is 0.152. The lowest BCUT2D eigenvalue weighted by molar-refractivity contribution is -0.123. The van der Waals surface area contributed by atoms with E-state index < -0.39 is 5.60 Å². The quantitative estimate of drug-likeness (QED) is 0.614. The first kappa shape index (κ1) is 20.1. The summed E-state index contributed by atoms with van der Waals surface area (Å²) in [5.41, 5.74) is 1.27. The molecule has 0 radical (unpaired) electrons. The molecule has 1 aromatic rings. The maximum Gasteiger partial charge on any atom is 0.410 e. The van der Waals surface area contributed by atoms with Crippen molar-refractivity contribution in [3.63, 3.8) is 0 Å². The van der Waals surface area contributed by atoms with Gasteiger partial charge in [0.1, 0.15) is 10.2 Å². The second-order valence-corrected chi connectivity index (χ2v) is 9.49. The first-order valence-corrected chi connectivity index (χ1v) is 10.3. The summed E-state index contributed by atoms with van der Waals surface area (Å²) in [4.78, 5) is 33.2. The van der Waals surface area contributed by atoms with Crippen LogP contribution in [0.1, 0.15) is 52.1 Å². The monoisotopic (exact) mass is 437 g/mol. The number of hydrogen-bond acceptors (Lipinski definition) is 4. The Balaban J connectivity index is 1.61. The summed E-state index contributed by atoms with van der Waals surface area (Å²) in [6, 6.07) is 3.83. The van der Waals surface area contributed by atoms with Gasteiger partial charge in [0.25, 0.3) is 0 Å². The Morgan fingerprint density at radius 2 is 1.81 bits per heavy atom. The third-order valence-electron chi connectivity index (χ3n) is 5.48. The molecule has 3 rings (SSSR count). The van der Waals surface area contributed by atoms with Crippen LogP contribution in [0.25, 0.3) is 0 Å². The summed E-state index contributed by atoms with van der Waals surface area (Å²) in [5, 5.41) is 0. The topological polar surface area (TPSA) is 62.7 Å². The fourth-order valence-corrected chi connectivity index (χ4v) is 4.36. The number of nitrogens with zero attached hydrogens (tertiary/aromatic N) is 3. The number of piperidine rings is 2. The Morgan fingerprint density at radius 1 is 1.19 bits per heavy atom. The molecular formula is C20H28BrN3O3. The molecule has 0 aromatic carbocycles. The average molecular weight is 438 g/mol. The van der Waals surface area contributed by atoms with Gasteiger partial charge in [-0.25, -0.2) is 9.78 Å². The van der Waals surface area contributed by atoms with Crippen LogP contribution in [-0.4, -0.2) is 47.1 Å². The molecule has 2 amide bonds. The van der Waals surface area contributed by atoms with Gasteiger partial charge in [-0.1, -0.05) is 0 Å². The van der Waals surface area contributed by atoms with Gasteiger partial charge in [0.15, 0.2) is 0 Å². The Hall–Kier alpha value is -1.63. The van der Waals surface area contributed by atoms with E-state index >= 15 is 0 Å². The number of carbonyl (C=O) groups is 2. The molecule has 27 heavy (non-hydrogen) atoms. The van der Waals surface area contributed by atoms with Crippen LogP contribution >= 0.6 is 15.9 Å². The number of hydrogen-bond donors (Lipinski definition) is 0. The molecule has 0 aliphatic carbocycles. The summed E-state index contributed by atoms with van der Waals surface area (Å²) in [6.07, 6.45) is 2.94. The predicted octanol–water partition coefficient (Wildman–Crippen LogP) is 4.30. The van der Waals surface area contributed by atoms with Crippen molar-refractivity contribution in [3.8, 4) is 0 Å². The summed E-state index contributed by atoms with van der Waals surface area (Å²) in [7, 11) is 0. The molecule has 2 fully saturated rings. The van der Waals surface area contributed by atoms with E-state index in [1.165, 1.54) is 0 Å². The largest absolute Gasteiger partial charge is 0.444 e. The number of ether oxygens (including phenoxy) is 1. The van der Waals surface area contributed by atoms with Crippen molar-refractivity contribution in [1.82, 2.24) is 9.88 Å². The first-order valence-electron chi connectivity index (χ1n) is 9.50. The van der Waals surface area contributed by atoms with Crippen molar-refractivity contribution in [3.05, 3.63) is 22.4 Å². The number of aromatic nitrogens is 1. The molecule has 0 bridgehead atoms. The molecule has 2 aliphatic rings. The molecule has 0 atom stereocenters. The Kier molecular flexibility index (Phi) is 5.52. The van der Waals surface area contributed by atoms with Crippen LogP contribution in [0.3, 0.4) is 0 Å². The van der Waals surface area contributed by atoms with Gasteiger partial charge in [0, 0.05) is 26.1 Å². The van der Waals surface area contributed by atoms with Crippen molar-refractivity contribution in [2.24, 2.45) is 5.41 Å². The van der Waals surface area contributed by atoms with Gasteiger partial charge >= 0.3 is 6.09 Å². The van der Waals surface area contributed by atoms with Crippen LogP contribution in [0.15, 0.2) is 16.7 Å². The molecule has 148 valence electrons. The highest BCUT2D eigenvalue weighted by Crippen LogP contribution is 2.43. The SMILES string of the molecule is Cc1nc(Br)ccc1N1CCC2(CCN(C(=O)OC(C)(C)C)CC2)CC1=O. The molecule has 6 nitrogen and oxygen atoms in total. The minimum atomic E-state index is -0.482. The van der Waals surface area contributed by atoms with Crippen LogP contribution < -0.4 is 4.90 Å². The van der Waals surface area contributed by atoms with E-state index in [0.717, 1.165) is 35.2 Å². The molecule has 1 aromatic heterocycles. The zero-order valence-corrected chi connectivity index (χ0v) is 18.1. The van der Waals surface area contributed by atoms with E-state index in [1.807, 2.05) is 44.7 Å². The molecule has 0 saturated carbocycles. The molecular weight excluding hydrogens is 410 g/mol. The van der Waals surface area contributed by atoms with Gasteiger partial charge < -0.3 is 14.5 Å². The summed E-state index contributed by atoms with van der Waals surface area (Å²) < 4.78 is 6.25. The maximum absolute atomic E-state index is 12.9. The van der Waals surface area contributed by atoms with E-state index in [4.69, 9.17) is 4.74 Å². The smallest absolute Gasteiger partial charge is 0.410 e. The van der Waals surface area contributed by atoms with Crippen LogP contribution in [0.5, 0.6) is 0 Å². The number of aryl methyl sites for hydroxylation is 1. The van der Waals surface area contributed by atoms with Gasteiger partial charge in [-0.3, -0.25) is 4.79 Å². The van der Waals surface area contributed by atoms with Crippen LogP contribution in [0, 0.1) is 12.3 Å². The fourth-order valence-electron chi connectivity index (χ4n) is 3.96. The van der Waals surface area contributed by atoms with Crippen molar-refractivity contribution in [2.75, 3.05) is 24.5 Å². The Morgan fingerprint density at radius 3 is 2.37 bits per heavy atom. The van der Waals surface area contributed by atoms with Gasteiger partial charge in [-0.15, -0.1) is 0 Å². The minimum Gasteiger partial charge on any atom is -0.444 e. The van der Waals surface area contributed by atoms with Crippen molar-refractivity contribution in [1.29, 1.82) is 0 Å². The lowest BCUT2D eigenvalue weighted by Gasteiger charge is -2.46. The van der Waals surface area contributed by atoms with E-state index in [1.54, 1.807) is 4.90 Å². The molecule has 1 spiro atoms. The molecule has 3 heterocycles. The molecule has 0 unspecified atom stereocenters. The van der Waals surface area contributed by atoms with E-state index in [2.05, 4.69) is 20.9 Å². The maximum atomic E-state index is 12.9. The second kappa shape index (κ2) is 7.41. The normalized spacial score (nSPS) is 20.1. The third-order valence-corrected chi connectivity index (χ3v) is 5.93. The van der Waals surface area contributed by atoms with Crippen LogP contribution in [0.4, 0.5) is 10.5 Å². The summed E-state index contributed by atoms with van der Waals surface area (Å²) >= 11 is 3.37. The van der Waals surface area contributed by atoms with Gasteiger partial charge in [0.2, 0.25) is 5.91 Å². The summed E-state index contributed by atoms with van der Waals surface area (Å²) in [6.45, 7) is 9.58. The lowest BCUT2D eigenvalue weighted by Crippen LogP contribution is -2.51. The zero-order valence-electron chi connectivity index (χ0n) is 16.5. The van der Waals surface area contributed by atoms with Gasteiger partial charge in [0.05, 0.1) is 11.4 Å². The highest BCUT2D eigenvalue weighted by atomic mass is 79.9. The molecule has 7 heteroatoms. The highest BCUT2D eigenvalue weighted by Gasteiger charge is 2.43. The average Bonchev–Trinajstić information content (AvgIpc) is 2.55.